The molecule has 8 heteroatoms. The van der Waals surface area contributed by atoms with Crippen LogP contribution in [0.25, 0.3) is 0 Å². The molecule has 0 bridgehead atoms. The Morgan fingerprint density at radius 1 is 1.08 bits per heavy atom. The first kappa shape index (κ1) is 20.3. The lowest BCUT2D eigenvalue weighted by Crippen LogP contribution is -2.39. The van der Waals surface area contributed by atoms with Crippen LogP contribution in [0.5, 0.6) is 11.5 Å². The van der Waals surface area contributed by atoms with E-state index in [0.29, 0.717) is 5.75 Å². The number of hydrogen-bond donors (Lipinski definition) is 3. The van der Waals surface area contributed by atoms with Gasteiger partial charge < -0.3 is 25.2 Å². The van der Waals surface area contributed by atoms with Gasteiger partial charge in [-0.2, -0.15) is 0 Å². The molecule has 2 amide bonds. The number of benzene rings is 1. The van der Waals surface area contributed by atoms with Gasteiger partial charge in [-0.05, 0) is 13.0 Å². The van der Waals surface area contributed by atoms with Gasteiger partial charge in [-0.1, -0.05) is 20.8 Å². The van der Waals surface area contributed by atoms with E-state index in [1.807, 2.05) is 0 Å². The average Bonchev–Trinajstić information content (AvgIpc) is 2.52. The summed E-state index contributed by atoms with van der Waals surface area (Å²) in [6.45, 7) is 6.54. The summed E-state index contributed by atoms with van der Waals surface area (Å²) in [6, 6.07) is 1.76. The summed E-state index contributed by atoms with van der Waals surface area (Å²) in [4.78, 5) is 35.7. The van der Waals surface area contributed by atoms with Gasteiger partial charge in [0.25, 0.3) is 5.91 Å². The molecular weight excluding hydrogens is 328 g/mol. The van der Waals surface area contributed by atoms with Crippen molar-refractivity contribution in [2.45, 2.75) is 33.7 Å². The molecule has 1 atom stereocenters. The largest absolute Gasteiger partial charge is 0.493 e. The van der Waals surface area contributed by atoms with Gasteiger partial charge in [0.05, 0.1) is 25.5 Å². The van der Waals surface area contributed by atoms with E-state index in [9.17, 15) is 14.4 Å². The van der Waals surface area contributed by atoms with Gasteiger partial charge in [0.1, 0.15) is 6.04 Å². The highest BCUT2D eigenvalue weighted by Crippen LogP contribution is 2.34. The number of carboxylic acid groups (broad SMARTS) is 1. The van der Waals surface area contributed by atoms with Crippen LogP contribution in [0.4, 0.5) is 5.69 Å². The van der Waals surface area contributed by atoms with Gasteiger partial charge in [-0.3, -0.25) is 14.4 Å². The lowest BCUT2D eigenvalue weighted by molar-refractivity contribution is -0.138. The molecule has 0 radical (unpaired) electrons. The SMILES string of the molecule is COc1cc(NC(=O)C(C)(C)C)c(C(=O)N[C@H](C)C(=O)O)cc1OC. The van der Waals surface area contributed by atoms with Crippen molar-refractivity contribution in [1.82, 2.24) is 5.32 Å². The highest BCUT2D eigenvalue weighted by molar-refractivity contribution is 6.06. The second-order valence-electron chi connectivity index (χ2n) is 6.49. The fourth-order valence-corrected chi connectivity index (χ4v) is 1.82. The molecule has 0 spiro atoms. The van der Waals surface area contributed by atoms with Gasteiger partial charge in [0.2, 0.25) is 5.91 Å². The quantitative estimate of drug-likeness (QED) is 0.720. The number of aliphatic carboxylic acids is 1. The molecule has 0 fully saturated rings. The summed E-state index contributed by atoms with van der Waals surface area (Å²) in [5, 5.41) is 14.0. The highest BCUT2D eigenvalue weighted by Gasteiger charge is 2.26. The smallest absolute Gasteiger partial charge is 0.325 e. The molecule has 0 saturated heterocycles. The maximum absolute atomic E-state index is 12.5. The van der Waals surface area contributed by atoms with Crippen LogP contribution in [0.2, 0.25) is 0 Å². The van der Waals surface area contributed by atoms with Crippen LogP contribution in [-0.2, 0) is 9.59 Å². The third-order valence-electron chi connectivity index (χ3n) is 3.42. The third kappa shape index (κ3) is 5.10. The average molecular weight is 352 g/mol. The van der Waals surface area contributed by atoms with Crippen LogP contribution in [-0.4, -0.2) is 43.2 Å². The Morgan fingerprint density at radius 3 is 2.04 bits per heavy atom. The van der Waals surface area contributed by atoms with E-state index < -0.39 is 23.3 Å². The van der Waals surface area contributed by atoms with Crippen molar-refractivity contribution >= 4 is 23.5 Å². The number of methoxy groups -OCH3 is 2. The minimum Gasteiger partial charge on any atom is -0.493 e. The van der Waals surface area contributed by atoms with Crippen molar-refractivity contribution in [1.29, 1.82) is 0 Å². The predicted molar refractivity (Wildman–Crippen MR) is 92.2 cm³/mol. The molecule has 1 rings (SSSR count). The summed E-state index contributed by atoms with van der Waals surface area (Å²) in [6.07, 6.45) is 0. The molecule has 0 aliphatic carbocycles. The van der Waals surface area contributed by atoms with E-state index in [4.69, 9.17) is 14.6 Å². The molecule has 3 N–H and O–H groups in total. The second-order valence-corrected chi connectivity index (χ2v) is 6.49. The summed E-state index contributed by atoms with van der Waals surface area (Å²) in [5.41, 5.74) is -0.411. The van der Waals surface area contributed by atoms with Crippen LogP contribution >= 0.6 is 0 Å². The summed E-state index contributed by atoms with van der Waals surface area (Å²) in [5.74, 6) is -1.52. The molecule has 138 valence electrons. The van der Waals surface area contributed by atoms with Crippen LogP contribution in [0, 0.1) is 5.41 Å². The van der Waals surface area contributed by atoms with Gasteiger partial charge >= 0.3 is 5.97 Å². The topological polar surface area (TPSA) is 114 Å². The Kier molecular flexibility index (Phi) is 6.38. The molecule has 0 aromatic heterocycles. The fourth-order valence-electron chi connectivity index (χ4n) is 1.82. The normalized spacial score (nSPS) is 12.1. The summed E-state index contributed by atoms with van der Waals surface area (Å²) in [7, 11) is 2.84. The lowest BCUT2D eigenvalue weighted by atomic mass is 9.95. The maximum Gasteiger partial charge on any atom is 0.325 e. The molecule has 1 aromatic rings. The van der Waals surface area contributed by atoms with Crippen molar-refractivity contribution in [2.75, 3.05) is 19.5 Å². The van der Waals surface area contributed by atoms with E-state index >= 15 is 0 Å². The zero-order valence-corrected chi connectivity index (χ0v) is 15.2. The maximum atomic E-state index is 12.5. The third-order valence-corrected chi connectivity index (χ3v) is 3.42. The van der Waals surface area contributed by atoms with Crippen molar-refractivity contribution in [3.63, 3.8) is 0 Å². The number of anilines is 1. The van der Waals surface area contributed by atoms with Gasteiger partial charge in [0, 0.05) is 11.5 Å². The van der Waals surface area contributed by atoms with Crippen molar-refractivity contribution in [2.24, 2.45) is 5.41 Å². The van der Waals surface area contributed by atoms with Crippen LogP contribution < -0.4 is 20.1 Å². The van der Waals surface area contributed by atoms with E-state index in [2.05, 4.69) is 10.6 Å². The molecule has 0 heterocycles. The Labute approximate surface area is 146 Å². The van der Waals surface area contributed by atoms with Crippen LogP contribution in [0.1, 0.15) is 38.1 Å². The van der Waals surface area contributed by atoms with Crippen LogP contribution in [0.15, 0.2) is 12.1 Å². The standard InChI is InChI=1S/C17H24N2O6/c1-9(15(21)22)18-14(20)10-7-12(24-5)13(25-6)8-11(10)19-16(23)17(2,3)4/h7-9H,1-6H3,(H,18,20)(H,19,23)(H,21,22)/t9-/m1/s1. The molecule has 25 heavy (non-hydrogen) atoms. The zero-order valence-electron chi connectivity index (χ0n) is 15.2. The highest BCUT2D eigenvalue weighted by atomic mass is 16.5. The minimum atomic E-state index is -1.17. The number of carbonyl (C=O) groups excluding carboxylic acids is 2. The molecular formula is C17H24N2O6. The first-order valence-electron chi connectivity index (χ1n) is 7.62. The number of ether oxygens (including phenoxy) is 2. The molecule has 0 aliphatic heterocycles. The number of hydrogen-bond acceptors (Lipinski definition) is 5. The lowest BCUT2D eigenvalue weighted by Gasteiger charge is -2.21. The van der Waals surface area contributed by atoms with Crippen LogP contribution in [0.3, 0.4) is 0 Å². The van der Waals surface area contributed by atoms with Crippen molar-refractivity contribution < 1.29 is 29.0 Å². The number of amides is 2. The Morgan fingerprint density at radius 2 is 1.60 bits per heavy atom. The second kappa shape index (κ2) is 7.87. The minimum absolute atomic E-state index is 0.0725. The number of carbonyl (C=O) groups is 3. The Bertz CT molecular complexity index is 678. The number of nitrogens with one attached hydrogen (secondary N) is 2. The molecule has 0 unspecified atom stereocenters. The summed E-state index contributed by atoms with van der Waals surface area (Å²) >= 11 is 0. The molecule has 0 saturated carbocycles. The van der Waals surface area contributed by atoms with E-state index in [-0.39, 0.29) is 22.9 Å². The first-order chi connectivity index (χ1) is 11.5. The number of carboxylic acids is 1. The Balaban J connectivity index is 3.34. The molecule has 1 aromatic carbocycles. The van der Waals surface area contributed by atoms with Gasteiger partial charge in [-0.15, -0.1) is 0 Å². The van der Waals surface area contributed by atoms with Gasteiger partial charge in [-0.25, -0.2) is 0 Å². The fraction of sp³-hybridized carbons (Fsp3) is 0.471. The van der Waals surface area contributed by atoms with Crippen molar-refractivity contribution in [3.05, 3.63) is 17.7 Å². The first-order valence-corrected chi connectivity index (χ1v) is 7.62. The van der Waals surface area contributed by atoms with Gasteiger partial charge in [0.15, 0.2) is 11.5 Å². The summed E-state index contributed by atoms with van der Waals surface area (Å²) < 4.78 is 10.4. The van der Waals surface area contributed by atoms with E-state index in [1.54, 1.807) is 20.8 Å². The monoisotopic (exact) mass is 352 g/mol. The Hall–Kier alpha value is -2.77. The zero-order chi connectivity index (χ0) is 19.4. The molecule has 8 nitrogen and oxygen atoms in total. The van der Waals surface area contributed by atoms with E-state index in [1.165, 1.54) is 33.3 Å². The number of rotatable bonds is 6. The molecule has 0 aliphatic rings. The van der Waals surface area contributed by atoms with Crippen molar-refractivity contribution in [3.8, 4) is 11.5 Å². The predicted octanol–water partition coefficient (Wildman–Crippen LogP) is 1.89. The van der Waals surface area contributed by atoms with E-state index in [0.717, 1.165) is 0 Å².